The molecule has 0 bridgehead atoms. The van der Waals surface area contributed by atoms with Gasteiger partial charge in [0.25, 0.3) is 0 Å². The predicted molar refractivity (Wildman–Crippen MR) is 122 cm³/mol. The van der Waals surface area contributed by atoms with E-state index in [-0.39, 0.29) is 11.8 Å². The minimum absolute atomic E-state index is 0.101. The fourth-order valence-electron chi connectivity index (χ4n) is 4.00. The van der Waals surface area contributed by atoms with Crippen molar-refractivity contribution in [1.82, 2.24) is 20.3 Å². The molecule has 1 aliphatic heterocycles. The molecular formula is C23H25ClN6O. The van der Waals surface area contributed by atoms with Crippen molar-refractivity contribution < 1.29 is 4.79 Å². The second-order valence-corrected chi connectivity index (χ2v) is 8.66. The summed E-state index contributed by atoms with van der Waals surface area (Å²) in [6, 6.07) is 10.0. The number of halogens is 1. The number of nitrogens with zero attached hydrogens (tertiary/aromatic N) is 4. The van der Waals surface area contributed by atoms with E-state index in [9.17, 15) is 4.79 Å². The van der Waals surface area contributed by atoms with Crippen molar-refractivity contribution in [3.63, 3.8) is 0 Å². The van der Waals surface area contributed by atoms with Gasteiger partial charge < -0.3 is 15.5 Å². The minimum atomic E-state index is 0.101. The lowest BCUT2D eigenvalue weighted by atomic mass is 9.95. The lowest BCUT2D eigenvalue weighted by molar-refractivity contribution is -0.125. The van der Waals surface area contributed by atoms with Gasteiger partial charge in [-0.2, -0.15) is 0 Å². The second kappa shape index (κ2) is 8.67. The number of anilines is 2. The largest absolute Gasteiger partial charge is 0.356 e. The molecule has 1 saturated carbocycles. The van der Waals surface area contributed by atoms with Gasteiger partial charge in [-0.05, 0) is 43.4 Å². The summed E-state index contributed by atoms with van der Waals surface area (Å²) in [5.41, 5.74) is 1.84. The summed E-state index contributed by atoms with van der Waals surface area (Å²) >= 11 is 6.23. The zero-order valence-corrected chi connectivity index (χ0v) is 18.0. The molecule has 1 saturated heterocycles. The number of aromatic nitrogens is 3. The number of piperidine rings is 1. The van der Waals surface area contributed by atoms with Crippen LogP contribution in [0.5, 0.6) is 0 Å². The predicted octanol–water partition coefficient (Wildman–Crippen LogP) is 3.79. The van der Waals surface area contributed by atoms with E-state index in [1.165, 1.54) is 0 Å². The van der Waals surface area contributed by atoms with Crippen LogP contribution in [0.3, 0.4) is 0 Å². The van der Waals surface area contributed by atoms with Gasteiger partial charge in [0.2, 0.25) is 11.9 Å². The van der Waals surface area contributed by atoms with Gasteiger partial charge in [0.05, 0.1) is 10.9 Å². The number of hydrogen-bond acceptors (Lipinski definition) is 6. The Hall–Kier alpha value is -2.93. The summed E-state index contributed by atoms with van der Waals surface area (Å²) in [6.45, 7) is 2.17. The van der Waals surface area contributed by atoms with Crippen LogP contribution in [-0.2, 0) is 11.3 Å². The van der Waals surface area contributed by atoms with Crippen LogP contribution in [0.25, 0.3) is 10.9 Å². The number of carbonyl (C=O) groups is 1. The summed E-state index contributed by atoms with van der Waals surface area (Å²) in [5.74, 6) is 1.76. The number of benzene rings is 1. The summed E-state index contributed by atoms with van der Waals surface area (Å²) in [5, 5.41) is 8.02. The van der Waals surface area contributed by atoms with Gasteiger partial charge in [-0.3, -0.25) is 4.79 Å². The maximum atomic E-state index is 12.3. The Balaban J connectivity index is 1.27. The van der Waals surface area contributed by atoms with Gasteiger partial charge in [0.15, 0.2) is 0 Å². The molecule has 3 aromatic rings. The first-order valence-electron chi connectivity index (χ1n) is 10.8. The quantitative estimate of drug-likeness (QED) is 0.611. The number of hydrogen-bond donors (Lipinski definition) is 2. The Kier molecular flexibility index (Phi) is 5.59. The normalized spacial score (nSPS) is 17.0. The maximum Gasteiger partial charge on any atom is 0.223 e. The van der Waals surface area contributed by atoms with E-state index < -0.39 is 0 Å². The third-order valence-electron chi connectivity index (χ3n) is 5.97. The smallest absolute Gasteiger partial charge is 0.223 e. The van der Waals surface area contributed by atoms with Crippen molar-refractivity contribution >= 4 is 40.2 Å². The highest BCUT2D eigenvalue weighted by atomic mass is 35.5. The van der Waals surface area contributed by atoms with Crippen LogP contribution in [0, 0.1) is 5.92 Å². The number of nitrogens with one attached hydrogen (secondary N) is 2. The highest BCUT2D eigenvalue weighted by molar-refractivity contribution is 6.31. The molecular weight excluding hydrogens is 412 g/mol. The van der Waals surface area contributed by atoms with Crippen LogP contribution >= 0.6 is 11.6 Å². The van der Waals surface area contributed by atoms with Crippen molar-refractivity contribution in [2.75, 3.05) is 23.3 Å². The van der Waals surface area contributed by atoms with Gasteiger partial charge in [-0.15, -0.1) is 0 Å². The molecule has 2 aromatic heterocycles. The van der Waals surface area contributed by atoms with E-state index in [1.54, 1.807) is 6.20 Å². The van der Waals surface area contributed by atoms with Gasteiger partial charge in [0, 0.05) is 49.0 Å². The SMILES string of the molecule is O=C(NC1CC1)C1CCN(c2nccc3nc(NCc4ccccc4Cl)ncc23)CC1. The molecule has 160 valence electrons. The standard InChI is InChI=1S/C23H25ClN6O/c24-19-4-2-1-3-16(19)13-26-23-27-14-18-20(29-23)7-10-25-21(18)30-11-8-15(9-12-30)22(31)28-17-5-6-17/h1-4,7,10,14-15,17H,5-6,8-9,11-13H2,(H,28,31)(H,26,27,29). The summed E-state index contributed by atoms with van der Waals surface area (Å²) < 4.78 is 0. The van der Waals surface area contributed by atoms with Crippen LogP contribution in [0.1, 0.15) is 31.2 Å². The first-order chi connectivity index (χ1) is 15.2. The topological polar surface area (TPSA) is 83.0 Å². The molecule has 0 spiro atoms. The molecule has 31 heavy (non-hydrogen) atoms. The van der Waals surface area contributed by atoms with Gasteiger partial charge in [-0.25, -0.2) is 15.0 Å². The lowest BCUT2D eigenvalue weighted by Gasteiger charge is -2.32. The molecule has 2 fully saturated rings. The van der Waals surface area contributed by atoms with Gasteiger partial charge >= 0.3 is 0 Å². The van der Waals surface area contributed by atoms with Crippen molar-refractivity contribution in [3.8, 4) is 0 Å². The third kappa shape index (κ3) is 4.56. The van der Waals surface area contributed by atoms with E-state index in [1.807, 2.05) is 36.5 Å². The maximum absolute atomic E-state index is 12.3. The highest BCUT2D eigenvalue weighted by Crippen LogP contribution is 2.29. The van der Waals surface area contributed by atoms with Crippen molar-refractivity contribution in [1.29, 1.82) is 0 Å². The first kappa shape index (κ1) is 20.0. The van der Waals surface area contributed by atoms with E-state index in [4.69, 9.17) is 11.6 Å². The molecule has 7 nitrogen and oxygen atoms in total. The number of fused-ring (bicyclic) bond motifs is 1. The molecule has 1 aliphatic carbocycles. The van der Waals surface area contributed by atoms with Crippen LogP contribution < -0.4 is 15.5 Å². The van der Waals surface area contributed by atoms with Crippen molar-refractivity contribution in [2.24, 2.45) is 5.92 Å². The van der Waals surface area contributed by atoms with E-state index in [0.717, 1.165) is 66.1 Å². The lowest BCUT2D eigenvalue weighted by Crippen LogP contribution is -2.41. The molecule has 0 unspecified atom stereocenters. The molecule has 8 heteroatoms. The monoisotopic (exact) mass is 436 g/mol. The Morgan fingerprint density at radius 1 is 1.10 bits per heavy atom. The average Bonchev–Trinajstić information content (AvgIpc) is 3.62. The number of amides is 1. The number of rotatable bonds is 6. The first-order valence-corrected chi connectivity index (χ1v) is 11.2. The Bertz CT molecular complexity index is 1090. The molecule has 1 aromatic carbocycles. The molecule has 3 heterocycles. The molecule has 2 aliphatic rings. The van der Waals surface area contributed by atoms with E-state index in [0.29, 0.717) is 18.5 Å². The average molecular weight is 437 g/mol. The zero-order valence-electron chi connectivity index (χ0n) is 17.2. The fourth-order valence-corrected chi connectivity index (χ4v) is 4.20. The highest BCUT2D eigenvalue weighted by Gasteiger charge is 2.30. The summed E-state index contributed by atoms with van der Waals surface area (Å²) in [6.07, 6.45) is 7.54. The van der Waals surface area contributed by atoms with Crippen molar-refractivity contribution in [3.05, 3.63) is 53.3 Å². The summed E-state index contributed by atoms with van der Waals surface area (Å²) in [4.78, 5) is 28.3. The van der Waals surface area contributed by atoms with E-state index >= 15 is 0 Å². The van der Waals surface area contributed by atoms with Crippen LogP contribution in [-0.4, -0.2) is 40.0 Å². The number of pyridine rings is 1. The van der Waals surface area contributed by atoms with Crippen LogP contribution in [0.15, 0.2) is 42.7 Å². The zero-order chi connectivity index (χ0) is 21.2. The van der Waals surface area contributed by atoms with Gasteiger partial charge in [0.1, 0.15) is 5.82 Å². The van der Waals surface area contributed by atoms with Gasteiger partial charge in [-0.1, -0.05) is 29.8 Å². The summed E-state index contributed by atoms with van der Waals surface area (Å²) in [7, 11) is 0. The Morgan fingerprint density at radius 3 is 2.68 bits per heavy atom. The molecule has 2 N–H and O–H groups in total. The Morgan fingerprint density at radius 2 is 1.90 bits per heavy atom. The van der Waals surface area contributed by atoms with E-state index in [2.05, 4.69) is 30.5 Å². The molecule has 0 atom stereocenters. The fraction of sp³-hybridized carbons (Fsp3) is 0.391. The van der Waals surface area contributed by atoms with Crippen molar-refractivity contribution in [2.45, 2.75) is 38.3 Å². The second-order valence-electron chi connectivity index (χ2n) is 8.25. The Labute approximate surface area is 186 Å². The van der Waals surface area contributed by atoms with Crippen LogP contribution in [0.4, 0.5) is 11.8 Å². The molecule has 1 amide bonds. The molecule has 5 rings (SSSR count). The minimum Gasteiger partial charge on any atom is -0.356 e. The number of carbonyl (C=O) groups excluding carboxylic acids is 1. The molecule has 0 radical (unpaired) electrons. The van der Waals surface area contributed by atoms with Crippen LogP contribution in [0.2, 0.25) is 5.02 Å². The third-order valence-corrected chi connectivity index (χ3v) is 6.34.